The van der Waals surface area contributed by atoms with Crippen LogP contribution in [0, 0.1) is 6.92 Å². The molecule has 37 heavy (non-hydrogen) atoms. The van der Waals surface area contributed by atoms with E-state index in [0.717, 1.165) is 0 Å². The number of benzene rings is 2. The van der Waals surface area contributed by atoms with Crippen LogP contribution in [0.5, 0.6) is 0 Å². The van der Waals surface area contributed by atoms with Gasteiger partial charge in [0.25, 0.3) is 0 Å². The number of aryl methyl sites for hydroxylation is 1. The van der Waals surface area contributed by atoms with Gasteiger partial charge in [-0.25, -0.2) is 0 Å². The molecule has 0 fully saturated rings. The molecule has 2 aromatic carbocycles. The summed E-state index contributed by atoms with van der Waals surface area (Å²) in [6, 6.07) is 13.9. The maximum Gasteiger partial charge on any atom is 0.248 e. The smallest absolute Gasteiger partial charge is 0.248 e. The molecule has 0 aliphatic rings. The van der Waals surface area contributed by atoms with Gasteiger partial charge < -0.3 is 15.2 Å². The molecule has 0 aliphatic heterocycles. The zero-order valence-corrected chi connectivity index (χ0v) is 22.7. The average molecular weight is 545 g/mol. The number of halogens is 2. The normalized spacial score (nSPS) is 12.1. The second-order valence-electron chi connectivity index (χ2n) is 9.26. The molecular formula is C27H30Cl2N4O4. The van der Waals surface area contributed by atoms with Gasteiger partial charge in [-0.2, -0.15) is 0 Å². The van der Waals surface area contributed by atoms with Crippen LogP contribution in [-0.2, 0) is 14.4 Å². The maximum atomic E-state index is 13.8. The Kier molecular flexibility index (Phi) is 9.34. The largest absolute Gasteiger partial charge is 0.360 e. The van der Waals surface area contributed by atoms with Gasteiger partial charge in [-0.3, -0.25) is 19.3 Å². The van der Waals surface area contributed by atoms with E-state index < -0.39 is 29.3 Å². The van der Waals surface area contributed by atoms with Crippen molar-refractivity contribution in [2.45, 2.75) is 58.5 Å². The summed E-state index contributed by atoms with van der Waals surface area (Å²) in [6.07, 6.45) is 0.368. The molecule has 0 saturated heterocycles. The molecule has 1 aromatic heterocycles. The van der Waals surface area contributed by atoms with Crippen molar-refractivity contribution < 1.29 is 18.9 Å². The lowest BCUT2D eigenvalue weighted by Crippen LogP contribution is -2.50. The predicted octanol–water partition coefficient (Wildman–Crippen LogP) is 6.09. The fourth-order valence-corrected chi connectivity index (χ4v) is 3.96. The summed E-state index contributed by atoms with van der Waals surface area (Å²) in [5.74, 6) is -0.443. The van der Waals surface area contributed by atoms with E-state index in [0.29, 0.717) is 33.5 Å². The molecule has 10 heteroatoms. The van der Waals surface area contributed by atoms with Crippen molar-refractivity contribution in [2.75, 3.05) is 10.2 Å². The SMILES string of the molecule is CCC(C)(C)NC(=O)[C@@H](c1ccccc1Cl)N(C(=O)CCC(=O)Nc1cc(C)on1)c1ccc(Cl)cc1. The third kappa shape index (κ3) is 7.57. The van der Waals surface area contributed by atoms with Crippen LogP contribution >= 0.6 is 23.2 Å². The number of carbonyl (C=O) groups excluding carboxylic acids is 3. The number of nitrogens with one attached hydrogen (secondary N) is 2. The van der Waals surface area contributed by atoms with Crippen LogP contribution < -0.4 is 15.5 Å². The Morgan fingerprint density at radius 1 is 1.05 bits per heavy atom. The lowest BCUT2D eigenvalue weighted by molar-refractivity contribution is -0.128. The molecule has 0 unspecified atom stereocenters. The highest BCUT2D eigenvalue weighted by molar-refractivity contribution is 6.32. The van der Waals surface area contributed by atoms with E-state index in [1.54, 1.807) is 61.5 Å². The number of anilines is 2. The minimum atomic E-state index is -1.09. The van der Waals surface area contributed by atoms with Gasteiger partial charge in [-0.15, -0.1) is 0 Å². The lowest BCUT2D eigenvalue weighted by atomic mass is 9.98. The minimum absolute atomic E-state index is 0.133. The Bertz CT molecular complexity index is 1260. The van der Waals surface area contributed by atoms with Gasteiger partial charge in [0.1, 0.15) is 11.8 Å². The summed E-state index contributed by atoms with van der Waals surface area (Å²) >= 11 is 12.6. The number of rotatable bonds is 10. The van der Waals surface area contributed by atoms with Gasteiger partial charge in [-0.05, 0) is 57.5 Å². The first-order valence-corrected chi connectivity index (χ1v) is 12.6. The third-order valence-corrected chi connectivity index (χ3v) is 6.48. The van der Waals surface area contributed by atoms with Gasteiger partial charge in [0.2, 0.25) is 17.7 Å². The molecular weight excluding hydrogens is 515 g/mol. The van der Waals surface area contributed by atoms with Crippen LogP contribution in [-0.4, -0.2) is 28.4 Å². The average Bonchev–Trinajstić information content (AvgIpc) is 3.26. The zero-order valence-electron chi connectivity index (χ0n) is 21.2. The molecule has 0 spiro atoms. The van der Waals surface area contributed by atoms with Crippen LogP contribution in [0.25, 0.3) is 0 Å². The third-order valence-electron chi connectivity index (χ3n) is 5.89. The molecule has 8 nitrogen and oxygen atoms in total. The summed E-state index contributed by atoms with van der Waals surface area (Å²) in [4.78, 5) is 41.3. The van der Waals surface area contributed by atoms with Crippen molar-refractivity contribution in [3.05, 3.63) is 76.0 Å². The minimum Gasteiger partial charge on any atom is -0.360 e. The summed E-state index contributed by atoms with van der Waals surface area (Å²) in [6.45, 7) is 7.47. The Balaban J connectivity index is 1.97. The monoisotopic (exact) mass is 544 g/mol. The van der Waals surface area contributed by atoms with Crippen LogP contribution in [0.4, 0.5) is 11.5 Å². The predicted molar refractivity (Wildman–Crippen MR) is 145 cm³/mol. The Morgan fingerprint density at radius 2 is 1.73 bits per heavy atom. The molecule has 3 rings (SSSR count). The van der Waals surface area contributed by atoms with Crippen molar-refractivity contribution in [2.24, 2.45) is 0 Å². The number of amides is 3. The molecule has 1 heterocycles. The van der Waals surface area contributed by atoms with Crippen molar-refractivity contribution in [1.29, 1.82) is 0 Å². The number of hydrogen-bond acceptors (Lipinski definition) is 5. The first kappa shape index (κ1) is 28.2. The number of aromatic nitrogens is 1. The first-order valence-electron chi connectivity index (χ1n) is 11.9. The first-order chi connectivity index (χ1) is 17.5. The second-order valence-corrected chi connectivity index (χ2v) is 10.1. The highest BCUT2D eigenvalue weighted by Crippen LogP contribution is 2.34. The number of nitrogens with zero attached hydrogens (tertiary/aromatic N) is 2. The molecule has 2 N–H and O–H groups in total. The highest BCUT2D eigenvalue weighted by Gasteiger charge is 2.36. The van der Waals surface area contributed by atoms with Gasteiger partial charge >= 0.3 is 0 Å². The van der Waals surface area contributed by atoms with Gasteiger partial charge in [0, 0.05) is 45.7 Å². The van der Waals surface area contributed by atoms with Crippen molar-refractivity contribution in [3.63, 3.8) is 0 Å². The summed E-state index contributed by atoms with van der Waals surface area (Å²) in [5, 5.41) is 10.2. The fraction of sp³-hybridized carbons (Fsp3) is 0.333. The van der Waals surface area contributed by atoms with E-state index in [9.17, 15) is 14.4 Å². The van der Waals surface area contributed by atoms with E-state index in [4.69, 9.17) is 27.7 Å². The Labute approximate surface area is 226 Å². The van der Waals surface area contributed by atoms with Gasteiger partial charge in [-0.1, -0.05) is 53.5 Å². The van der Waals surface area contributed by atoms with E-state index in [2.05, 4.69) is 15.8 Å². The fourth-order valence-electron chi connectivity index (χ4n) is 3.60. The Hall–Kier alpha value is -3.36. The molecule has 0 radical (unpaired) electrons. The summed E-state index contributed by atoms with van der Waals surface area (Å²) in [7, 11) is 0. The van der Waals surface area contributed by atoms with Crippen LogP contribution in [0.3, 0.4) is 0 Å². The van der Waals surface area contributed by atoms with Crippen molar-refractivity contribution in [1.82, 2.24) is 10.5 Å². The topological polar surface area (TPSA) is 105 Å². The molecule has 1 atom stereocenters. The van der Waals surface area contributed by atoms with Crippen LogP contribution in [0.1, 0.15) is 57.4 Å². The van der Waals surface area contributed by atoms with Crippen molar-refractivity contribution in [3.8, 4) is 0 Å². The van der Waals surface area contributed by atoms with E-state index in [-0.39, 0.29) is 18.7 Å². The maximum absolute atomic E-state index is 13.8. The van der Waals surface area contributed by atoms with Crippen molar-refractivity contribution >= 4 is 52.4 Å². The molecule has 196 valence electrons. The molecule has 3 amide bonds. The second kappa shape index (κ2) is 12.3. The van der Waals surface area contributed by atoms with E-state index in [1.165, 1.54) is 4.90 Å². The van der Waals surface area contributed by atoms with E-state index >= 15 is 0 Å². The summed E-state index contributed by atoms with van der Waals surface area (Å²) < 4.78 is 4.96. The van der Waals surface area contributed by atoms with Crippen LogP contribution in [0.15, 0.2) is 59.1 Å². The highest BCUT2D eigenvalue weighted by atomic mass is 35.5. The van der Waals surface area contributed by atoms with Gasteiger partial charge in [0.15, 0.2) is 5.82 Å². The Morgan fingerprint density at radius 3 is 2.32 bits per heavy atom. The molecule has 0 aliphatic carbocycles. The van der Waals surface area contributed by atoms with E-state index in [1.807, 2.05) is 20.8 Å². The number of hydrogen-bond donors (Lipinski definition) is 2. The van der Waals surface area contributed by atoms with Crippen LogP contribution in [0.2, 0.25) is 10.0 Å². The zero-order chi connectivity index (χ0) is 27.2. The molecule has 0 saturated carbocycles. The summed E-state index contributed by atoms with van der Waals surface area (Å²) in [5.41, 5.74) is 0.372. The standard InChI is InChI=1S/C27H30Cl2N4O4/c1-5-27(3,4)31-26(36)25(20-8-6-7-9-21(20)29)33(19-12-10-18(28)11-13-19)24(35)15-14-23(34)30-22-16-17(2)37-32-22/h6-13,16,25H,5,14-15H2,1-4H3,(H,31,36)(H,30,32,34)/t25-/m1/s1. The number of carbonyl (C=O) groups is 3. The molecule has 0 bridgehead atoms. The quantitative estimate of drug-likeness (QED) is 0.321. The van der Waals surface area contributed by atoms with Gasteiger partial charge in [0.05, 0.1) is 0 Å². The molecule has 3 aromatic rings. The lowest BCUT2D eigenvalue weighted by Gasteiger charge is -2.35.